The van der Waals surface area contributed by atoms with E-state index in [0.717, 1.165) is 25.9 Å². The Morgan fingerprint density at radius 2 is 1.56 bits per heavy atom. The molecule has 0 aliphatic carbocycles. The minimum atomic E-state index is -0.0297. The van der Waals surface area contributed by atoms with Crippen molar-refractivity contribution in [3.63, 3.8) is 0 Å². The number of likely N-dealkylation sites (tertiary alicyclic amines) is 1. The molecule has 1 aliphatic rings. The van der Waals surface area contributed by atoms with E-state index in [9.17, 15) is 4.79 Å². The summed E-state index contributed by atoms with van der Waals surface area (Å²) in [6.45, 7) is 1.60. The molecule has 0 spiro atoms. The summed E-state index contributed by atoms with van der Waals surface area (Å²) in [6.07, 6.45) is 2.11. The van der Waals surface area contributed by atoms with Gasteiger partial charge in [0.2, 0.25) is 0 Å². The topological polar surface area (TPSA) is 20.3 Å². The second-order valence-electron chi connectivity index (χ2n) is 3.75. The van der Waals surface area contributed by atoms with Crippen molar-refractivity contribution in [3.05, 3.63) is 32.8 Å². The Hall–Kier alpha value is -0.440. The lowest BCUT2D eigenvalue weighted by molar-refractivity contribution is 0.0793. The highest BCUT2D eigenvalue weighted by atomic mass is 35.5. The zero-order valence-electron chi connectivity index (χ0n) is 8.47. The van der Waals surface area contributed by atoms with E-state index in [4.69, 9.17) is 34.8 Å². The van der Waals surface area contributed by atoms with E-state index < -0.39 is 0 Å². The van der Waals surface area contributed by atoms with Crippen LogP contribution >= 0.6 is 34.8 Å². The van der Waals surface area contributed by atoms with Crippen LogP contribution in [0.3, 0.4) is 0 Å². The third-order valence-electron chi connectivity index (χ3n) is 2.62. The van der Waals surface area contributed by atoms with Crippen molar-refractivity contribution in [1.29, 1.82) is 0 Å². The summed E-state index contributed by atoms with van der Waals surface area (Å²) in [4.78, 5) is 13.8. The van der Waals surface area contributed by atoms with E-state index in [2.05, 4.69) is 0 Å². The summed E-state index contributed by atoms with van der Waals surface area (Å²) in [5.41, 5.74) is 0.501. The Morgan fingerprint density at radius 3 is 2.06 bits per heavy atom. The molecule has 0 aromatic heterocycles. The van der Waals surface area contributed by atoms with Gasteiger partial charge in [-0.3, -0.25) is 4.79 Å². The van der Waals surface area contributed by atoms with Crippen LogP contribution in [0, 0.1) is 0 Å². The van der Waals surface area contributed by atoms with Crippen LogP contribution in [0.25, 0.3) is 0 Å². The number of hydrogen-bond donors (Lipinski definition) is 0. The predicted octanol–water partition coefficient (Wildman–Crippen LogP) is 3.88. The van der Waals surface area contributed by atoms with E-state index in [1.165, 1.54) is 0 Å². The molecule has 1 heterocycles. The standard InChI is InChI=1S/C11H10Cl3NO/c12-8-5-7(6-9(13)10(8)14)11(16)15-3-1-2-4-15/h5-6H,1-4H2. The second-order valence-corrected chi connectivity index (χ2v) is 4.95. The van der Waals surface area contributed by atoms with Crippen LogP contribution in [0.1, 0.15) is 23.2 Å². The molecule has 2 rings (SSSR count). The van der Waals surface area contributed by atoms with Gasteiger partial charge in [0.1, 0.15) is 0 Å². The van der Waals surface area contributed by atoms with Crippen molar-refractivity contribution in [2.24, 2.45) is 0 Å². The van der Waals surface area contributed by atoms with Gasteiger partial charge >= 0.3 is 0 Å². The maximum atomic E-state index is 12.0. The minimum absolute atomic E-state index is 0.0297. The number of rotatable bonds is 1. The molecule has 1 aromatic rings. The highest BCUT2D eigenvalue weighted by Crippen LogP contribution is 2.31. The zero-order valence-corrected chi connectivity index (χ0v) is 10.7. The van der Waals surface area contributed by atoms with E-state index in [1.54, 1.807) is 17.0 Å². The lowest BCUT2D eigenvalue weighted by Crippen LogP contribution is -2.27. The summed E-state index contributed by atoms with van der Waals surface area (Å²) in [5, 5.41) is 0.926. The lowest BCUT2D eigenvalue weighted by atomic mass is 10.2. The molecule has 5 heteroatoms. The summed E-state index contributed by atoms with van der Waals surface area (Å²) >= 11 is 17.6. The summed E-state index contributed by atoms with van der Waals surface area (Å²) in [6, 6.07) is 3.13. The van der Waals surface area contributed by atoms with Gasteiger partial charge in [0.05, 0.1) is 15.1 Å². The molecular weight excluding hydrogens is 268 g/mol. The SMILES string of the molecule is O=C(c1cc(Cl)c(Cl)c(Cl)c1)N1CCCC1. The zero-order chi connectivity index (χ0) is 11.7. The Labute approximate surface area is 109 Å². The van der Waals surface area contributed by atoms with Crippen molar-refractivity contribution >= 4 is 40.7 Å². The van der Waals surface area contributed by atoms with Crippen molar-refractivity contribution in [3.8, 4) is 0 Å². The Morgan fingerprint density at radius 1 is 1.06 bits per heavy atom. The maximum Gasteiger partial charge on any atom is 0.253 e. The molecular formula is C11H10Cl3NO. The Kier molecular flexibility index (Phi) is 3.63. The van der Waals surface area contributed by atoms with Gasteiger partial charge in [-0.15, -0.1) is 0 Å². The molecule has 0 N–H and O–H groups in total. The smallest absolute Gasteiger partial charge is 0.253 e. The van der Waals surface area contributed by atoms with E-state index in [0.29, 0.717) is 20.6 Å². The molecule has 1 aliphatic heterocycles. The normalized spacial score (nSPS) is 15.6. The first-order valence-corrected chi connectivity index (χ1v) is 6.17. The van der Waals surface area contributed by atoms with E-state index in [1.807, 2.05) is 0 Å². The molecule has 1 amide bonds. The van der Waals surface area contributed by atoms with Gasteiger partial charge in [-0.25, -0.2) is 0 Å². The molecule has 0 saturated carbocycles. The Balaban J connectivity index is 2.29. The van der Waals surface area contributed by atoms with Crippen LogP contribution in [0.5, 0.6) is 0 Å². The first kappa shape index (κ1) is 12.0. The fourth-order valence-corrected chi connectivity index (χ4v) is 2.38. The number of carbonyl (C=O) groups excluding carboxylic acids is 1. The molecule has 0 radical (unpaired) electrons. The molecule has 0 bridgehead atoms. The lowest BCUT2D eigenvalue weighted by Gasteiger charge is -2.15. The van der Waals surface area contributed by atoms with Crippen molar-refractivity contribution < 1.29 is 4.79 Å². The fraction of sp³-hybridized carbons (Fsp3) is 0.364. The molecule has 16 heavy (non-hydrogen) atoms. The van der Waals surface area contributed by atoms with Crippen LogP contribution in [0.4, 0.5) is 0 Å². The average Bonchev–Trinajstić information content (AvgIpc) is 2.77. The summed E-state index contributed by atoms with van der Waals surface area (Å²) in [5.74, 6) is -0.0297. The first-order chi connectivity index (χ1) is 7.59. The van der Waals surface area contributed by atoms with Crippen LogP contribution in [0.15, 0.2) is 12.1 Å². The van der Waals surface area contributed by atoms with Gasteiger partial charge in [0.25, 0.3) is 5.91 Å². The van der Waals surface area contributed by atoms with Gasteiger partial charge in [-0.05, 0) is 25.0 Å². The molecule has 1 aromatic carbocycles. The van der Waals surface area contributed by atoms with E-state index in [-0.39, 0.29) is 5.91 Å². The van der Waals surface area contributed by atoms with Gasteiger partial charge < -0.3 is 4.90 Å². The average molecular weight is 279 g/mol. The highest BCUT2D eigenvalue weighted by molar-refractivity contribution is 6.48. The number of carbonyl (C=O) groups is 1. The number of hydrogen-bond acceptors (Lipinski definition) is 1. The van der Waals surface area contributed by atoms with Gasteiger partial charge in [0, 0.05) is 18.7 Å². The van der Waals surface area contributed by atoms with Gasteiger partial charge in [-0.1, -0.05) is 34.8 Å². The summed E-state index contributed by atoms with van der Waals surface area (Å²) in [7, 11) is 0. The van der Waals surface area contributed by atoms with Crippen molar-refractivity contribution in [2.75, 3.05) is 13.1 Å². The number of benzene rings is 1. The fourth-order valence-electron chi connectivity index (χ4n) is 1.78. The molecule has 1 saturated heterocycles. The van der Waals surface area contributed by atoms with Gasteiger partial charge in [-0.2, -0.15) is 0 Å². The quantitative estimate of drug-likeness (QED) is 0.714. The maximum absolute atomic E-state index is 12.0. The first-order valence-electron chi connectivity index (χ1n) is 5.03. The van der Waals surface area contributed by atoms with Crippen LogP contribution in [0.2, 0.25) is 15.1 Å². The van der Waals surface area contributed by atoms with Crippen molar-refractivity contribution in [2.45, 2.75) is 12.8 Å². The molecule has 0 unspecified atom stereocenters. The number of nitrogens with zero attached hydrogens (tertiary/aromatic N) is 1. The van der Waals surface area contributed by atoms with E-state index >= 15 is 0 Å². The van der Waals surface area contributed by atoms with Crippen molar-refractivity contribution in [1.82, 2.24) is 4.90 Å². The molecule has 86 valence electrons. The number of halogens is 3. The third kappa shape index (κ3) is 2.29. The van der Waals surface area contributed by atoms with Gasteiger partial charge in [0.15, 0.2) is 0 Å². The molecule has 2 nitrogen and oxygen atoms in total. The van der Waals surface area contributed by atoms with Crippen LogP contribution in [-0.2, 0) is 0 Å². The minimum Gasteiger partial charge on any atom is -0.339 e. The largest absolute Gasteiger partial charge is 0.339 e. The highest BCUT2D eigenvalue weighted by Gasteiger charge is 2.20. The Bertz CT molecular complexity index is 404. The third-order valence-corrected chi connectivity index (χ3v) is 3.82. The van der Waals surface area contributed by atoms with Crippen LogP contribution < -0.4 is 0 Å². The molecule has 0 atom stereocenters. The summed E-state index contributed by atoms with van der Waals surface area (Å²) < 4.78 is 0. The predicted molar refractivity (Wildman–Crippen MR) is 66.6 cm³/mol. The monoisotopic (exact) mass is 277 g/mol. The molecule has 1 fully saturated rings. The second kappa shape index (κ2) is 4.82. The number of amides is 1. The van der Waals surface area contributed by atoms with Crippen LogP contribution in [-0.4, -0.2) is 23.9 Å².